The van der Waals surface area contributed by atoms with Gasteiger partial charge in [-0.1, -0.05) is 11.6 Å². The lowest BCUT2D eigenvalue weighted by Crippen LogP contribution is -2.27. The Balaban J connectivity index is 1.94. The first-order valence-electron chi connectivity index (χ1n) is 6.05. The van der Waals surface area contributed by atoms with Crippen molar-refractivity contribution in [1.29, 1.82) is 0 Å². The molecule has 0 spiro atoms. The molecule has 0 radical (unpaired) electrons. The Morgan fingerprint density at radius 1 is 1.47 bits per heavy atom. The van der Waals surface area contributed by atoms with Crippen molar-refractivity contribution in [3.63, 3.8) is 0 Å². The lowest BCUT2D eigenvalue weighted by Gasteiger charge is -2.08. The Morgan fingerprint density at radius 2 is 2.26 bits per heavy atom. The molecule has 2 rings (SSSR count). The number of benzene rings is 1. The summed E-state index contributed by atoms with van der Waals surface area (Å²) in [6.45, 7) is 2.43. The van der Waals surface area contributed by atoms with E-state index < -0.39 is 0 Å². The number of carbonyl (C=O) groups excluding carboxylic acids is 1. The molecule has 0 aliphatic rings. The molecule has 19 heavy (non-hydrogen) atoms. The maximum atomic E-state index is 12.0. The van der Waals surface area contributed by atoms with Crippen LogP contribution in [0.5, 0.6) is 0 Å². The third kappa shape index (κ3) is 3.09. The zero-order valence-corrected chi connectivity index (χ0v) is 11.1. The lowest BCUT2D eigenvalue weighted by atomic mass is 10.1. The number of hydrogen-bond donors (Lipinski definition) is 2. The summed E-state index contributed by atoms with van der Waals surface area (Å²) in [6.07, 6.45) is 2.27. The third-order valence-electron chi connectivity index (χ3n) is 2.89. The molecule has 0 saturated carbocycles. The number of carbonyl (C=O) groups is 1. The molecule has 0 aliphatic carbocycles. The Kier molecular flexibility index (Phi) is 3.79. The van der Waals surface area contributed by atoms with Gasteiger partial charge in [0, 0.05) is 25.7 Å². The highest BCUT2D eigenvalue weighted by Crippen LogP contribution is 2.13. The zero-order chi connectivity index (χ0) is 13.8. The van der Waals surface area contributed by atoms with Crippen LogP contribution in [0.15, 0.2) is 24.5 Å². The van der Waals surface area contributed by atoms with Gasteiger partial charge in [-0.15, -0.1) is 10.2 Å². The number of rotatable bonds is 4. The Labute approximate surface area is 111 Å². The highest BCUT2D eigenvalue weighted by atomic mass is 16.1. The number of amides is 1. The highest BCUT2D eigenvalue weighted by Gasteiger charge is 2.09. The number of hydrogen-bond acceptors (Lipinski definition) is 4. The Hall–Kier alpha value is -2.37. The van der Waals surface area contributed by atoms with Crippen LogP contribution >= 0.6 is 0 Å². The molecule has 3 N–H and O–H groups in total. The summed E-state index contributed by atoms with van der Waals surface area (Å²) in [6, 6.07) is 5.41. The summed E-state index contributed by atoms with van der Waals surface area (Å²) in [5.41, 5.74) is 7.80. The van der Waals surface area contributed by atoms with Crippen LogP contribution < -0.4 is 11.1 Å². The van der Waals surface area contributed by atoms with E-state index in [1.54, 1.807) is 18.5 Å². The molecule has 0 atom stereocenters. The quantitative estimate of drug-likeness (QED) is 0.790. The van der Waals surface area contributed by atoms with E-state index in [-0.39, 0.29) is 5.91 Å². The van der Waals surface area contributed by atoms with Crippen molar-refractivity contribution in [1.82, 2.24) is 20.1 Å². The van der Waals surface area contributed by atoms with Crippen LogP contribution in [0.2, 0.25) is 0 Å². The van der Waals surface area contributed by atoms with Crippen molar-refractivity contribution >= 4 is 11.6 Å². The molecule has 0 bridgehead atoms. The van der Waals surface area contributed by atoms with E-state index in [1.165, 1.54) is 0 Å². The van der Waals surface area contributed by atoms with E-state index in [1.807, 2.05) is 24.6 Å². The first-order chi connectivity index (χ1) is 9.08. The van der Waals surface area contributed by atoms with Crippen LogP contribution in [0.1, 0.15) is 21.7 Å². The van der Waals surface area contributed by atoms with Crippen LogP contribution in [0.4, 0.5) is 5.69 Å². The maximum absolute atomic E-state index is 12.0. The fourth-order valence-electron chi connectivity index (χ4n) is 1.78. The van der Waals surface area contributed by atoms with Crippen molar-refractivity contribution in [2.24, 2.45) is 7.05 Å². The molecule has 100 valence electrons. The van der Waals surface area contributed by atoms with Crippen LogP contribution in [-0.2, 0) is 13.5 Å². The van der Waals surface area contributed by atoms with E-state index in [2.05, 4.69) is 15.5 Å². The molecule has 0 saturated heterocycles. The molecule has 1 aromatic carbocycles. The normalized spacial score (nSPS) is 10.4. The van der Waals surface area contributed by atoms with Gasteiger partial charge < -0.3 is 15.6 Å². The van der Waals surface area contributed by atoms with Gasteiger partial charge >= 0.3 is 0 Å². The summed E-state index contributed by atoms with van der Waals surface area (Å²) >= 11 is 0. The minimum atomic E-state index is -0.164. The standard InChI is InChI=1S/C13H17N5O/c1-9-3-4-11(14)10(7-9)13(19)15-6-5-12-17-16-8-18(12)2/h3-4,7-8H,5-6,14H2,1-2H3,(H,15,19). The van der Waals surface area contributed by atoms with Gasteiger partial charge in [0.15, 0.2) is 0 Å². The summed E-state index contributed by atoms with van der Waals surface area (Å²) in [4.78, 5) is 12.0. The van der Waals surface area contributed by atoms with Gasteiger partial charge in [-0.3, -0.25) is 4.79 Å². The van der Waals surface area contributed by atoms with Gasteiger partial charge in [0.1, 0.15) is 12.2 Å². The SMILES string of the molecule is Cc1ccc(N)c(C(=O)NCCc2nncn2C)c1. The van der Waals surface area contributed by atoms with Gasteiger partial charge in [0.05, 0.1) is 5.56 Å². The topological polar surface area (TPSA) is 85.8 Å². The van der Waals surface area contributed by atoms with Crippen molar-refractivity contribution in [2.75, 3.05) is 12.3 Å². The number of nitrogens with one attached hydrogen (secondary N) is 1. The molecule has 1 amide bonds. The van der Waals surface area contributed by atoms with E-state index in [0.29, 0.717) is 24.2 Å². The molecule has 2 aromatic rings. The largest absolute Gasteiger partial charge is 0.398 e. The minimum absolute atomic E-state index is 0.164. The number of aromatic nitrogens is 3. The average molecular weight is 259 g/mol. The number of nitrogen functional groups attached to an aromatic ring is 1. The number of nitrogens with zero attached hydrogens (tertiary/aromatic N) is 3. The molecule has 0 aliphatic heterocycles. The van der Waals surface area contributed by atoms with Crippen LogP contribution in [0.3, 0.4) is 0 Å². The summed E-state index contributed by atoms with van der Waals surface area (Å²) in [7, 11) is 1.87. The first-order valence-corrected chi connectivity index (χ1v) is 6.05. The van der Waals surface area contributed by atoms with E-state index in [4.69, 9.17) is 5.73 Å². The summed E-state index contributed by atoms with van der Waals surface area (Å²) in [5.74, 6) is 0.667. The van der Waals surface area contributed by atoms with E-state index in [0.717, 1.165) is 11.4 Å². The molecular weight excluding hydrogens is 242 g/mol. The number of aryl methyl sites for hydroxylation is 2. The summed E-state index contributed by atoms with van der Waals surface area (Å²) in [5, 5.41) is 10.6. The van der Waals surface area contributed by atoms with Crippen molar-refractivity contribution < 1.29 is 4.79 Å². The molecule has 0 fully saturated rings. The second-order valence-corrected chi connectivity index (χ2v) is 4.45. The molecule has 6 heteroatoms. The van der Waals surface area contributed by atoms with Gasteiger partial charge in [-0.05, 0) is 19.1 Å². The van der Waals surface area contributed by atoms with Gasteiger partial charge in [-0.25, -0.2) is 0 Å². The van der Waals surface area contributed by atoms with Gasteiger partial charge in [-0.2, -0.15) is 0 Å². The second-order valence-electron chi connectivity index (χ2n) is 4.45. The number of nitrogens with two attached hydrogens (primary N) is 1. The molecule has 0 unspecified atom stereocenters. The molecule has 1 heterocycles. The monoisotopic (exact) mass is 259 g/mol. The fraction of sp³-hybridized carbons (Fsp3) is 0.308. The third-order valence-corrected chi connectivity index (χ3v) is 2.89. The van der Waals surface area contributed by atoms with Crippen LogP contribution in [-0.4, -0.2) is 27.2 Å². The Bertz CT molecular complexity index is 590. The average Bonchev–Trinajstić information content (AvgIpc) is 2.78. The minimum Gasteiger partial charge on any atom is -0.398 e. The predicted molar refractivity (Wildman–Crippen MR) is 72.6 cm³/mol. The molecule has 1 aromatic heterocycles. The maximum Gasteiger partial charge on any atom is 0.253 e. The van der Waals surface area contributed by atoms with E-state index in [9.17, 15) is 4.79 Å². The molecule has 6 nitrogen and oxygen atoms in total. The van der Waals surface area contributed by atoms with Crippen molar-refractivity contribution in [2.45, 2.75) is 13.3 Å². The summed E-state index contributed by atoms with van der Waals surface area (Å²) < 4.78 is 1.83. The highest BCUT2D eigenvalue weighted by molar-refractivity contribution is 5.99. The predicted octanol–water partition coefficient (Wildman–Crippen LogP) is 0.678. The fourth-order valence-corrected chi connectivity index (χ4v) is 1.78. The lowest BCUT2D eigenvalue weighted by molar-refractivity contribution is 0.0954. The van der Waals surface area contributed by atoms with Crippen LogP contribution in [0, 0.1) is 6.92 Å². The van der Waals surface area contributed by atoms with Gasteiger partial charge in [0.25, 0.3) is 5.91 Å². The van der Waals surface area contributed by atoms with E-state index >= 15 is 0 Å². The number of anilines is 1. The van der Waals surface area contributed by atoms with Gasteiger partial charge in [0.2, 0.25) is 0 Å². The van der Waals surface area contributed by atoms with Crippen LogP contribution in [0.25, 0.3) is 0 Å². The Morgan fingerprint density at radius 3 is 2.95 bits per heavy atom. The second kappa shape index (κ2) is 5.51. The molecular formula is C13H17N5O. The van der Waals surface area contributed by atoms with Crippen molar-refractivity contribution in [3.05, 3.63) is 41.5 Å². The zero-order valence-electron chi connectivity index (χ0n) is 11.1. The first kappa shape index (κ1) is 13.1. The van der Waals surface area contributed by atoms with Crippen molar-refractivity contribution in [3.8, 4) is 0 Å². The smallest absolute Gasteiger partial charge is 0.253 e.